The third kappa shape index (κ3) is 4.50. The molecule has 0 radical (unpaired) electrons. The minimum atomic E-state index is -0.618. The topological polar surface area (TPSA) is 98.7 Å². The van der Waals surface area contributed by atoms with E-state index in [1.165, 1.54) is 18.2 Å². The lowest BCUT2D eigenvalue weighted by molar-refractivity contribution is -0.120. The maximum Gasteiger partial charge on any atom is 0.255 e. The van der Waals surface area contributed by atoms with E-state index in [9.17, 15) is 19.8 Å². The Balaban J connectivity index is 2.52. The van der Waals surface area contributed by atoms with Crippen LogP contribution < -0.4 is 10.6 Å². The molecule has 4 N–H and O–H groups in total. The Morgan fingerprint density at radius 3 is 2.53 bits per heavy atom. The lowest BCUT2D eigenvalue weighted by Crippen LogP contribution is -2.38. The molecule has 0 fully saturated rings. The number of phenolic OH excluding ortho intramolecular Hbond substituents is 2. The second-order valence-corrected chi connectivity index (χ2v) is 4.55. The molecule has 19 heavy (non-hydrogen) atoms. The van der Waals surface area contributed by atoms with E-state index in [2.05, 4.69) is 10.6 Å². The summed E-state index contributed by atoms with van der Waals surface area (Å²) >= 11 is 0. The number of carbonyl (C=O) groups excluding carboxylic acids is 2. The number of hydrogen-bond donors (Lipinski definition) is 4. The predicted octanol–water partition coefficient (Wildman–Crippen LogP) is 0.600. The van der Waals surface area contributed by atoms with Gasteiger partial charge in [0.15, 0.2) is 11.5 Å². The molecule has 0 aromatic heterocycles. The second-order valence-electron chi connectivity index (χ2n) is 4.55. The van der Waals surface area contributed by atoms with Gasteiger partial charge in [0.2, 0.25) is 5.91 Å². The molecule has 6 nitrogen and oxygen atoms in total. The molecule has 104 valence electrons. The van der Waals surface area contributed by atoms with Crippen LogP contribution in [0, 0.1) is 5.92 Å². The maximum atomic E-state index is 11.7. The first-order chi connectivity index (χ1) is 8.91. The van der Waals surface area contributed by atoms with E-state index in [0.29, 0.717) is 12.5 Å². The molecule has 0 aliphatic rings. The van der Waals surface area contributed by atoms with Crippen LogP contribution in [0.1, 0.15) is 24.2 Å². The molecule has 1 aromatic carbocycles. The van der Waals surface area contributed by atoms with Gasteiger partial charge >= 0.3 is 0 Å². The highest BCUT2D eigenvalue weighted by Crippen LogP contribution is 2.27. The Morgan fingerprint density at radius 1 is 1.21 bits per heavy atom. The van der Waals surface area contributed by atoms with Gasteiger partial charge in [0.05, 0.1) is 12.1 Å². The highest BCUT2D eigenvalue weighted by atomic mass is 16.3. The summed E-state index contributed by atoms with van der Waals surface area (Å²) in [6, 6.07) is 4.06. The van der Waals surface area contributed by atoms with Gasteiger partial charge < -0.3 is 20.8 Å². The van der Waals surface area contributed by atoms with E-state index in [-0.39, 0.29) is 23.8 Å². The fourth-order valence-electron chi connectivity index (χ4n) is 1.35. The number of phenols is 2. The van der Waals surface area contributed by atoms with E-state index in [1.807, 2.05) is 13.8 Å². The molecule has 0 atom stereocenters. The molecule has 6 heteroatoms. The van der Waals surface area contributed by atoms with Gasteiger partial charge in [0.1, 0.15) is 0 Å². The van der Waals surface area contributed by atoms with Gasteiger partial charge in [-0.3, -0.25) is 9.59 Å². The highest BCUT2D eigenvalue weighted by Gasteiger charge is 2.14. The SMILES string of the molecule is CC(C)CNC(=O)CNC(=O)c1cccc(O)c1O. The number of rotatable bonds is 5. The van der Waals surface area contributed by atoms with Gasteiger partial charge in [-0.1, -0.05) is 19.9 Å². The molecule has 0 spiro atoms. The van der Waals surface area contributed by atoms with Gasteiger partial charge in [-0.15, -0.1) is 0 Å². The van der Waals surface area contributed by atoms with E-state index in [4.69, 9.17) is 0 Å². The zero-order valence-corrected chi connectivity index (χ0v) is 10.9. The molecule has 0 saturated heterocycles. The van der Waals surface area contributed by atoms with Gasteiger partial charge in [-0.05, 0) is 18.1 Å². The van der Waals surface area contributed by atoms with Gasteiger partial charge in [0.25, 0.3) is 5.91 Å². The van der Waals surface area contributed by atoms with Crippen molar-refractivity contribution >= 4 is 11.8 Å². The predicted molar refractivity (Wildman–Crippen MR) is 70.0 cm³/mol. The number of hydrogen-bond acceptors (Lipinski definition) is 4. The van der Waals surface area contributed by atoms with E-state index in [1.54, 1.807) is 0 Å². The van der Waals surface area contributed by atoms with Crippen LogP contribution in [-0.2, 0) is 4.79 Å². The largest absolute Gasteiger partial charge is 0.504 e. The van der Waals surface area contributed by atoms with Crippen molar-refractivity contribution in [2.24, 2.45) is 5.92 Å². The van der Waals surface area contributed by atoms with Crippen molar-refractivity contribution in [2.45, 2.75) is 13.8 Å². The Kier molecular flexibility index (Phi) is 5.17. The molecule has 0 aliphatic heterocycles. The summed E-state index contributed by atoms with van der Waals surface area (Å²) in [5.74, 6) is -1.47. The van der Waals surface area contributed by atoms with Crippen LogP contribution in [0.25, 0.3) is 0 Å². The van der Waals surface area contributed by atoms with Gasteiger partial charge in [0, 0.05) is 6.54 Å². The average Bonchev–Trinajstić information content (AvgIpc) is 2.36. The lowest BCUT2D eigenvalue weighted by atomic mass is 10.1. The van der Waals surface area contributed by atoms with Crippen molar-refractivity contribution < 1.29 is 19.8 Å². The Hall–Kier alpha value is -2.24. The van der Waals surface area contributed by atoms with Crippen LogP contribution in [0.2, 0.25) is 0 Å². The number of carbonyl (C=O) groups is 2. The van der Waals surface area contributed by atoms with Crippen LogP contribution in [0.5, 0.6) is 11.5 Å². The standard InChI is InChI=1S/C13H18N2O4/c1-8(2)6-14-11(17)7-15-13(19)9-4-3-5-10(16)12(9)18/h3-5,8,16,18H,6-7H2,1-2H3,(H,14,17)(H,15,19). The normalized spacial score (nSPS) is 10.3. The third-order valence-corrected chi connectivity index (χ3v) is 2.38. The maximum absolute atomic E-state index is 11.7. The Bertz CT molecular complexity index is 472. The van der Waals surface area contributed by atoms with Crippen molar-refractivity contribution in [3.05, 3.63) is 23.8 Å². The van der Waals surface area contributed by atoms with Crippen LogP contribution >= 0.6 is 0 Å². The summed E-state index contributed by atoms with van der Waals surface area (Å²) in [6.45, 7) is 4.28. The minimum absolute atomic E-state index is 0.0725. The van der Waals surface area contributed by atoms with E-state index >= 15 is 0 Å². The summed E-state index contributed by atoms with van der Waals surface area (Å²) in [4.78, 5) is 23.1. The van der Waals surface area contributed by atoms with Gasteiger partial charge in [-0.25, -0.2) is 0 Å². The van der Waals surface area contributed by atoms with Crippen molar-refractivity contribution in [2.75, 3.05) is 13.1 Å². The second kappa shape index (κ2) is 6.63. The summed E-state index contributed by atoms with van der Waals surface area (Å²) in [5, 5.41) is 23.8. The summed E-state index contributed by atoms with van der Waals surface area (Å²) in [6.07, 6.45) is 0. The average molecular weight is 266 g/mol. The first kappa shape index (κ1) is 14.8. The summed E-state index contributed by atoms with van der Waals surface area (Å²) in [5.41, 5.74) is -0.0725. The molecule has 2 amide bonds. The first-order valence-corrected chi connectivity index (χ1v) is 5.97. The molecular weight excluding hydrogens is 248 g/mol. The van der Waals surface area contributed by atoms with Crippen molar-refractivity contribution in [1.82, 2.24) is 10.6 Å². The molecule has 0 heterocycles. The van der Waals surface area contributed by atoms with Crippen molar-refractivity contribution in [3.63, 3.8) is 0 Å². The fraction of sp³-hybridized carbons (Fsp3) is 0.385. The number of nitrogens with one attached hydrogen (secondary N) is 2. The van der Waals surface area contributed by atoms with Crippen LogP contribution in [0.3, 0.4) is 0 Å². The van der Waals surface area contributed by atoms with E-state index < -0.39 is 11.7 Å². The summed E-state index contributed by atoms with van der Waals surface area (Å²) in [7, 11) is 0. The van der Waals surface area contributed by atoms with Crippen molar-refractivity contribution in [3.8, 4) is 11.5 Å². The number of para-hydroxylation sites is 1. The smallest absolute Gasteiger partial charge is 0.255 e. The molecule has 1 rings (SSSR count). The zero-order chi connectivity index (χ0) is 14.4. The van der Waals surface area contributed by atoms with Crippen LogP contribution in [0.15, 0.2) is 18.2 Å². The fourth-order valence-corrected chi connectivity index (χ4v) is 1.35. The van der Waals surface area contributed by atoms with Gasteiger partial charge in [-0.2, -0.15) is 0 Å². The Labute approximate surface area is 111 Å². The third-order valence-electron chi connectivity index (χ3n) is 2.38. The molecule has 0 bridgehead atoms. The number of amides is 2. The first-order valence-electron chi connectivity index (χ1n) is 5.97. The van der Waals surface area contributed by atoms with Crippen LogP contribution in [0.4, 0.5) is 0 Å². The zero-order valence-electron chi connectivity index (χ0n) is 10.9. The molecule has 0 unspecified atom stereocenters. The number of benzene rings is 1. The molecule has 0 aliphatic carbocycles. The quantitative estimate of drug-likeness (QED) is 0.586. The monoisotopic (exact) mass is 266 g/mol. The molecule has 0 saturated carbocycles. The lowest BCUT2D eigenvalue weighted by Gasteiger charge is -2.09. The van der Waals surface area contributed by atoms with Crippen molar-refractivity contribution in [1.29, 1.82) is 0 Å². The summed E-state index contributed by atoms with van der Waals surface area (Å²) < 4.78 is 0. The number of aromatic hydroxyl groups is 2. The molecular formula is C13H18N2O4. The highest BCUT2D eigenvalue weighted by molar-refractivity contribution is 5.99. The minimum Gasteiger partial charge on any atom is -0.504 e. The molecule has 1 aromatic rings. The Morgan fingerprint density at radius 2 is 1.89 bits per heavy atom. The van der Waals surface area contributed by atoms with E-state index in [0.717, 1.165) is 0 Å². The van der Waals surface area contributed by atoms with Crippen LogP contribution in [-0.4, -0.2) is 35.1 Å².